The number of rotatable bonds is 8. The van der Waals surface area contributed by atoms with Crippen LogP contribution in [0.2, 0.25) is 5.15 Å². The van der Waals surface area contributed by atoms with Gasteiger partial charge in [0.2, 0.25) is 16.0 Å². The van der Waals surface area contributed by atoms with Crippen molar-refractivity contribution in [2.45, 2.75) is 32.4 Å². The Balaban J connectivity index is 1.31. The van der Waals surface area contributed by atoms with E-state index in [0.29, 0.717) is 45.9 Å². The summed E-state index contributed by atoms with van der Waals surface area (Å²) < 4.78 is 53.5. The van der Waals surface area contributed by atoms with E-state index in [2.05, 4.69) is 15.4 Å². The second kappa shape index (κ2) is 10.8. The molecule has 16 heteroatoms. The van der Waals surface area contributed by atoms with Gasteiger partial charge in [0, 0.05) is 37.8 Å². The van der Waals surface area contributed by atoms with E-state index >= 15 is 0 Å². The highest BCUT2D eigenvalue weighted by Gasteiger charge is 2.58. The third-order valence-corrected chi connectivity index (χ3v) is 8.94. The lowest BCUT2D eigenvalue weighted by Crippen LogP contribution is -2.32. The van der Waals surface area contributed by atoms with Gasteiger partial charge >= 0.3 is 6.55 Å². The van der Waals surface area contributed by atoms with Crippen LogP contribution >= 0.6 is 11.6 Å². The van der Waals surface area contributed by atoms with Gasteiger partial charge in [0.05, 0.1) is 34.6 Å². The Morgan fingerprint density at radius 2 is 1.84 bits per heavy atom. The number of nitrogens with zero attached hydrogens (tertiary/aromatic N) is 6. The number of benzene rings is 1. The van der Waals surface area contributed by atoms with Gasteiger partial charge in [-0.25, -0.2) is 27.8 Å². The summed E-state index contributed by atoms with van der Waals surface area (Å²) in [6, 6.07) is 7.80. The van der Waals surface area contributed by atoms with Crippen LogP contribution in [0.3, 0.4) is 0 Å². The van der Waals surface area contributed by atoms with E-state index in [4.69, 9.17) is 16.6 Å². The van der Waals surface area contributed by atoms with E-state index in [0.717, 1.165) is 11.8 Å². The first kappa shape index (κ1) is 29.9. The number of halogens is 3. The first-order valence-electron chi connectivity index (χ1n) is 13.8. The zero-order valence-electron chi connectivity index (χ0n) is 24.1. The molecule has 1 saturated carbocycles. The Morgan fingerprint density at radius 3 is 2.48 bits per heavy atom. The molecule has 3 aromatic heterocycles. The molecule has 44 heavy (non-hydrogen) atoms. The van der Waals surface area contributed by atoms with Gasteiger partial charge < -0.3 is 10.2 Å². The maximum atomic E-state index is 13.6. The molecule has 1 unspecified atom stereocenters. The van der Waals surface area contributed by atoms with E-state index in [1.54, 1.807) is 19.2 Å². The van der Waals surface area contributed by atoms with Crippen molar-refractivity contribution in [1.82, 2.24) is 29.0 Å². The van der Waals surface area contributed by atoms with Crippen molar-refractivity contribution in [2.24, 2.45) is 18.9 Å². The topological polar surface area (TPSA) is 144 Å². The first-order chi connectivity index (χ1) is 20.7. The number of hydrogen-bond donors (Lipinski definition) is 2. The molecule has 4 aromatic rings. The molecule has 1 amide bonds. The molecule has 6 rings (SSSR count). The summed E-state index contributed by atoms with van der Waals surface area (Å²) in [5.41, 5.74) is 2.44. The number of carbonyl (C=O) groups excluding carboxylic acids is 1. The molecule has 1 aliphatic heterocycles. The fourth-order valence-corrected chi connectivity index (χ4v) is 6.76. The number of fused-ring (bicyclic) bond motifs is 2. The Kier molecular flexibility index (Phi) is 7.35. The van der Waals surface area contributed by atoms with Gasteiger partial charge in [-0.2, -0.15) is 13.9 Å². The van der Waals surface area contributed by atoms with Crippen LogP contribution < -0.4 is 20.5 Å². The number of carbonyl (C=O) groups is 1. The van der Waals surface area contributed by atoms with E-state index in [1.807, 2.05) is 29.5 Å². The molecule has 2 aliphatic rings. The lowest BCUT2D eigenvalue weighted by molar-refractivity contribution is 0.0561. The van der Waals surface area contributed by atoms with Gasteiger partial charge in [-0.15, -0.1) is 0 Å². The summed E-state index contributed by atoms with van der Waals surface area (Å²) in [6.07, 6.45) is 2.15. The van der Waals surface area contributed by atoms with Crippen LogP contribution in [0.1, 0.15) is 52.7 Å². The Labute approximate surface area is 256 Å². The van der Waals surface area contributed by atoms with Gasteiger partial charge in [0.1, 0.15) is 5.15 Å². The van der Waals surface area contributed by atoms with Crippen molar-refractivity contribution < 1.29 is 22.0 Å². The highest BCUT2D eigenvalue weighted by Crippen LogP contribution is 2.58. The molecule has 1 saturated heterocycles. The number of aryl methyl sites for hydroxylation is 1. The molecule has 1 aromatic carbocycles. The SMILES string of the molecule is Cc1cc([C@@H](C)Nc2ccc(Cl)nc2C(=O)NS(C)(=O)=O)c2nc(N3C[C@@H]4C(c5ccn(C(F)F)n5)[C@@H]4C3)n(C)c(=O)c2c1. The van der Waals surface area contributed by atoms with Crippen molar-refractivity contribution in [2.75, 3.05) is 29.6 Å². The molecule has 0 radical (unpaired) electrons. The Bertz CT molecular complexity index is 1970. The third-order valence-electron chi connectivity index (χ3n) is 8.17. The molecule has 4 atom stereocenters. The molecular weight excluding hydrogens is 618 g/mol. The van der Waals surface area contributed by atoms with Crippen LogP contribution in [-0.4, -0.2) is 58.0 Å². The predicted octanol–water partition coefficient (Wildman–Crippen LogP) is 3.59. The van der Waals surface area contributed by atoms with Crippen molar-refractivity contribution in [3.8, 4) is 0 Å². The van der Waals surface area contributed by atoms with E-state index in [1.165, 1.54) is 22.9 Å². The lowest BCUT2D eigenvalue weighted by Gasteiger charge is -2.25. The number of hydrogen-bond acceptors (Lipinski definition) is 9. The number of pyridine rings is 1. The monoisotopic (exact) mass is 646 g/mol. The summed E-state index contributed by atoms with van der Waals surface area (Å²) in [5.74, 6) is 0.0738. The van der Waals surface area contributed by atoms with Crippen molar-refractivity contribution in [3.05, 3.63) is 74.6 Å². The van der Waals surface area contributed by atoms with Crippen LogP contribution in [0.4, 0.5) is 20.4 Å². The van der Waals surface area contributed by atoms with Crippen molar-refractivity contribution >= 4 is 50.1 Å². The summed E-state index contributed by atoms with van der Waals surface area (Å²) in [5, 5.41) is 7.68. The average molecular weight is 647 g/mol. The second-order valence-corrected chi connectivity index (χ2v) is 13.5. The molecule has 2 N–H and O–H groups in total. The third kappa shape index (κ3) is 5.49. The minimum Gasteiger partial charge on any atom is -0.377 e. The summed E-state index contributed by atoms with van der Waals surface area (Å²) >= 11 is 6.01. The van der Waals surface area contributed by atoms with Crippen LogP contribution in [0.5, 0.6) is 0 Å². The van der Waals surface area contributed by atoms with Gasteiger partial charge in [0.15, 0.2) is 5.69 Å². The average Bonchev–Trinajstić information content (AvgIpc) is 3.28. The van der Waals surface area contributed by atoms with Gasteiger partial charge in [-0.05, 0) is 55.5 Å². The van der Waals surface area contributed by atoms with E-state index in [9.17, 15) is 26.8 Å². The standard InChI is InChI=1S/C28H29ClF2N8O4S/c1-13-9-15(14(2)32-20-5-6-21(29)33-24(20)25(40)36-44(4,42)43)23-16(10-13)26(41)37(3)28(34-23)38-11-17-18(12-38)22(17)19-7-8-39(35-19)27(30)31/h5-10,14,17-18,22,27,32H,11-12H2,1-4H3,(H,36,40)/t14-,17-,18+,22?/m1/s1. The van der Waals surface area contributed by atoms with Gasteiger partial charge in [-0.1, -0.05) is 17.7 Å². The molecule has 4 heterocycles. The number of alkyl halides is 2. The fraction of sp³-hybridized carbons (Fsp3) is 0.393. The van der Waals surface area contributed by atoms with Crippen LogP contribution in [-0.2, 0) is 17.1 Å². The molecule has 1 aliphatic carbocycles. The van der Waals surface area contributed by atoms with Crippen molar-refractivity contribution in [3.63, 3.8) is 0 Å². The lowest BCUT2D eigenvalue weighted by atomic mass is 10.0. The Hall–Kier alpha value is -4.11. The van der Waals surface area contributed by atoms with Crippen LogP contribution in [0.25, 0.3) is 10.9 Å². The van der Waals surface area contributed by atoms with E-state index in [-0.39, 0.29) is 39.8 Å². The van der Waals surface area contributed by atoms with Gasteiger partial charge in [-0.3, -0.25) is 14.2 Å². The van der Waals surface area contributed by atoms with E-state index < -0.39 is 28.5 Å². The summed E-state index contributed by atoms with van der Waals surface area (Å²) in [6.45, 7) is 2.21. The number of amides is 1. The first-order valence-corrected chi connectivity index (χ1v) is 16.0. The zero-order chi connectivity index (χ0) is 31.7. The largest absolute Gasteiger partial charge is 0.377 e. The zero-order valence-corrected chi connectivity index (χ0v) is 25.7. The number of aromatic nitrogens is 5. The number of piperidine rings is 1. The predicted molar refractivity (Wildman–Crippen MR) is 161 cm³/mol. The smallest absolute Gasteiger partial charge is 0.333 e. The molecular formula is C28H29ClF2N8O4S. The minimum absolute atomic E-state index is 0.00550. The van der Waals surface area contributed by atoms with Crippen LogP contribution in [0, 0.1) is 18.8 Å². The van der Waals surface area contributed by atoms with Crippen molar-refractivity contribution in [1.29, 1.82) is 0 Å². The molecule has 0 spiro atoms. The fourth-order valence-electron chi connectivity index (χ4n) is 6.17. The number of sulfonamides is 1. The summed E-state index contributed by atoms with van der Waals surface area (Å²) in [7, 11) is -2.19. The molecule has 0 bridgehead atoms. The Morgan fingerprint density at radius 1 is 1.14 bits per heavy atom. The minimum atomic E-state index is -3.86. The van der Waals surface area contributed by atoms with Crippen LogP contribution in [0.15, 0.2) is 41.3 Å². The molecule has 2 fully saturated rings. The molecule has 232 valence electrons. The maximum absolute atomic E-state index is 13.6. The molecule has 12 nitrogen and oxygen atoms in total. The second-order valence-electron chi connectivity index (χ2n) is 11.4. The highest BCUT2D eigenvalue weighted by atomic mass is 35.5. The normalized spacial score (nSPS) is 20.2. The van der Waals surface area contributed by atoms with Gasteiger partial charge in [0.25, 0.3) is 11.5 Å². The number of nitrogens with one attached hydrogen (secondary N) is 2. The maximum Gasteiger partial charge on any atom is 0.333 e. The number of anilines is 2. The highest BCUT2D eigenvalue weighted by molar-refractivity contribution is 7.89. The quantitative estimate of drug-likeness (QED) is 0.274. The summed E-state index contributed by atoms with van der Waals surface area (Å²) in [4.78, 5) is 37.3.